The van der Waals surface area contributed by atoms with Crippen LogP contribution in [0.2, 0.25) is 0 Å². The summed E-state index contributed by atoms with van der Waals surface area (Å²) in [5, 5.41) is 12.5. The largest absolute Gasteiger partial charge is 0.405 e. The number of aliphatic hydroxyl groups is 1. The van der Waals surface area contributed by atoms with Crippen molar-refractivity contribution in [2.45, 2.75) is 31.9 Å². The van der Waals surface area contributed by atoms with Gasteiger partial charge in [-0.05, 0) is 37.0 Å². The molecule has 1 fully saturated rings. The van der Waals surface area contributed by atoms with Gasteiger partial charge in [-0.2, -0.15) is 0 Å². The molecular formula is C18H21NO2. The summed E-state index contributed by atoms with van der Waals surface area (Å²) in [5.74, 6) is 0.865. The second-order valence-corrected chi connectivity index (χ2v) is 5.56. The Kier molecular flexibility index (Phi) is 4.23. The van der Waals surface area contributed by atoms with Crippen LogP contribution < -0.4 is 4.84 Å². The van der Waals surface area contributed by atoms with Crippen LogP contribution in [0.25, 0.3) is 0 Å². The molecule has 1 aliphatic rings. The van der Waals surface area contributed by atoms with E-state index in [1.807, 2.05) is 66.6 Å². The van der Waals surface area contributed by atoms with Crippen LogP contribution in [0.5, 0.6) is 5.75 Å². The summed E-state index contributed by atoms with van der Waals surface area (Å²) >= 11 is 0. The van der Waals surface area contributed by atoms with E-state index in [0.29, 0.717) is 0 Å². The van der Waals surface area contributed by atoms with Crippen LogP contribution in [-0.2, 0) is 0 Å². The number of para-hydroxylation sites is 1. The van der Waals surface area contributed by atoms with Gasteiger partial charge in [-0.1, -0.05) is 48.5 Å². The number of aryl methyl sites for hydroxylation is 1. The second kappa shape index (κ2) is 6.29. The zero-order valence-corrected chi connectivity index (χ0v) is 12.3. The van der Waals surface area contributed by atoms with Gasteiger partial charge in [-0.25, -0.2) is 0 Å². The predicted octanol–water partition coefficient (Wildman–Crippen LogP) is 3.49. The SMILES string of the molecule is Cc1ccccc1ON1CCCC1C(O)c1ccccc1. The Bertz CT molecular complexity index is 585. The molecule has 3 nitrogen and oxygen atoms in total. The van der Waals surface area contributed by atoms with Gasteiger partial charge in [0.25, 0.3) is 0 Å². The molecule has 0 aromatic heterocycles. The Labute approximate surface area is 125 Å². The van der Waals surface area contributed by atoms with Gasteiger partial charge in [-0.3, -0.25) is 0 Å². The maximum Gasteiger partial charge on any atom is 0.150 e. The van der Waals surface area contributed by atoms with Gasteiger partial charge in [0.1, 0.15) is 5.75 Å². The normalized spacial score (nSPS) is 20.4. The lowest BCUT2D eigenvalue weighted by molar-refractivity contribution is -0.106. The van der Waals surface area contributed by atoms with Gasteiger partial charge in [0.2, 0.25) is 0 Å². The van der Waals surface area contributed by atoms with Crippen LogP contribution in [0, 0.1) is 6.92 Å². The summed E-state index contributed by atoms with van der Waals surface area (Å²) in [4.78, 5) is 6.03. The van der Waals surface area contributed by atoms with E-state index in [0.717, 1.165) is 36.3 Å². The van der Waals surface area contributed by atoms with E-state index in [1.165, 1.54) is 0 Å². The van der Waals surface area contributed by atoms with E-state index < -0.39 is 6.10 Å². The lowest BCUT2D eigenvalue weighted by Crippen LogP contribution is -2.37. The Balaban J connectivity index is 1.75. The smallest absolute Gasteiger partial charge is 0.150 e. The average Bonchev–Trinajstić information content (AvgIpc) is 2.98. The van der Waals surface area contributed by atoms with Crippen molar-refractivity contribution in [3.63, 3.8) is 0 Å². The minimum Gasteiger partial charge on any atom is -0.405 e. The number of benzene rings is 2. The van der Waals surface area contributed by atoms with Crippen LogP contribution >= 0.6 is 0 Å². The zero-order valence-electron chi connectivity index (χ0n) is 12.3. The number of aliphatic hydroxyl groups excluding tert-OH is 1. The molecule has 0 bridgehead atoms. The van der Waals surface area contributed by atoms with E-state index in [2.05, 4.69) is 0 Å². The first-order valence-electron chi connectivity index (χ1n) is 7.49. The van der Waals surface area contributed by atoms with Gasteiger partial charge in [0.05, 0.1) is 12.1 Å². The molecule has 1 saturated heterocycles. The summed E-state index contributed by atoms with van der Waals surface area (Å²) < 4.78 is 0. The molecule has 0 aliphatic carbocycles. The molecule has 0 spiro atoms. The molecule has 0 amide bonds. The predicted molar refractivity (Wildman–Crippen MR) is 82.9 cm³/mol. The van der Waals surface area contributed by atoms with Crippen molar-refractivity contribution in [1.82, 2.24) is 5.06 Å². The number of hydrogen-bond acceptors (Lipinski definition) is 3. The van der Waals surface area contributed by atoms with Crippen LogP contribution in [0.1, 0.15) is 30.1 Å². The topological polar surface area (TPSA) is 32.7 Å². The molecule has 110 valence electrons. The highest BCUT2D eigenvalue weighted by Gasteiger charge is 2.33. The summed E-state index contributed by atoms with van der Waals surface area (Å²) in [6.07, 6.45) is 1.47. The maximum atomic E-state index is 10.6. The molecule has 21 heavy (non-hydrogen) atoms. The first kappa shape index (κ1) is 14.1. The summed E-state index contributed by atoms with van der Waals surface area (Å²) in [7, 11) is 0. The lowest BCUT2D eigenvalue weighted by Gasteiger charge is -2.28. The fourth-order valence-corrected chi connectivity index (χ4v) is 2.85. The van der Waals surface area contributed by atoms with Crippen molar-refractivity contribution in [1.29, 1.82) is 0 Å². The molecule has 2 unspecified atom stereocenters. The summed E-state index contributed by atoms with van der Waals surface area (Å²) in [6.45, 7) is 2.89. The first-order valence-corrected chi connectivity index (χ1v) is 7.49. The van der Waals surface area contributed by atoms with E-state index in [1.54, 1.807) is 0 Å². The highest BCUT2D eigenvalue weighted by Crippen LogP contribution is 2.31. The third kappa shape index (κ3) is 3.09. The van der Waals surface area contributed by atoms with Crippen LogP contribution in [0.3, 0.4) is 0 Å². The van der Waals surface area contributed by atoms with E-state index >= 15 is 0 Å². The molecule has 3 heteroatoms. The first-order chi connectivity index (χ1) is 10.3. The Morgan fingerprint density at radius 2 is 1.81 bits per heavy atom. The fourth-order valence-electron chi connectivity index (χ4n) is 2.85. The quantitative estimate of drug-likeness (QED) is 0.932. The van der Waals surface area contributed by atoms with Gasteiger partial charge >= 0.3 is 0 Å². The highest BCUT2D eigenvalue weighted by atomic mass is 16.7. The third-order valence-corrected chi connectivity index (χ3v) is 4.06. The van der Waals surface area contributed by atoms with Crippen LogP contribution in [0.4, 0.5) is 0 Å². The molecular weight excluding hydrogens is 262 g/mol. The number of hydroxylamine groups is 2. The van der Waals surface area contributed by atoms with Crippen molar-refractivity contribution in [3.05, 3.63) is 65.7 Å². The van der Waals surface area contributed by atoms with E-state index in [-0.39, 0.29) is 6.04 Å². The molecule has 0 radical (unpaired) electrons. The summed E-state index contributed by atoms with van der Waals surface area (Å²) in [6, 6.07) is 17.8. The van der Waals surface area contributed by atoms with Crippen LogP contribution in [-0.4, -0.2) is 22.8 Å². The van der Waals surface area contributed by atoms with E-state index in [9.17, 15) is 5.11 Å². The van der Waals surface area contributed by atoms with Gasteiger partial charge in [0, 0.05) is 6.54 Å². The number of hydrogen-bond donors (Lipinski definition) is 1. The van der Waals surface area contributed by atoms with Crippen molar-refractivity contribution in [3.8, 4) is 5.75 Å². The van der Waals surface area contributed by atoms with Gasteiger partial charge in [-0.15, -0.1) is 5.06 Å². The second-order valence-electron chi connectivity index (χ2n) is 5.56. The van der Waals surface area contributed by atoms with Gasteiger partial charge < -0.3 is 9.94 Å². The monoisotopic (exact) mass is 283 g/mol. The lowest BCUT2D eigenvalue weighted by atomic mass is 10.0. The standard InChI is InChI=1S/C18H21NO2/c1-14-8-5-6-12-17(14)21-19-13-7-11-16(19)18(20)15-9-3-2-4-10-15/h2-6,8-10,12,16,18,20H,7,11,13H2,1H3. The third-order valence-electron chi connectivity index (χ3n) is 4.06. The van der Waals surface area contributed by atoms with Gasteiger partial charge in [0.15, 0.2) is 0 Å². The van der Waals surface area contributed by atoms with Crippen molar-refractivity contribution in [2.75, 3.05) is 6.54 Å². The maximum absolute atomic E-state index is 10.6. The molecule has 3 rings (SSSR count). The van der Waals surface area contributed by atoms with Crippen molar-refractivity contribution in [2.24, 2.45) is 0 Å². The van der Waals surface area contributed by atoms with Crippen LogP contribution in [0.15, 0.2) is 54.6 Å². The molecule has 1 N–H and O–H groups in total. The molecule has 2 aromatic rings. The summed E-state index contributed by atoms with van der Waals surface area (Å²) in [5.41, 5.74) is 2.06. The average molecular weight is 283 g/mol. The van der Waals surface area contributed by atoms with Crippen molar-refractivity contribution >= 4 is 0 Å². The Morgan fingerprint density at radius 1 is 1.10 bits per heavy atom. The van der Waals surface area contributed by atoms with E-state index in [4.69, 9.17) is 4.84 Å². The Morgan fingerprint density at radius 3 is 2.57 bits per heavy atom. The zero-order chi connectivity index (χ0) is 14.7. The fraction of sp³-hybridized carbons (Fsp3) is 0.333. The molecule has 1 heterocycles. The van der Waals surface area contributed by atoms with Crippen molar-refractivity contribution < 1.29 is 9.94 Å². The minimum absolute atomic E-state index is 0.00649. The highest BCUT2D eigenvalue weighted by molar-refractivity contribution is 5.31. The molecule has 2 atom stereocenters. The molecule has 1 aliphatic heterocycles. The molecule has 2 aromatic carbocycles. The number of nitrogens with zero attached hydrogens (tertiary/aromatic N) is 1. The molecule has 0 saturated carbocycles. The minimum atomic E-state index is -0.516. The Hall–Kier alpha value is -1.84. The number of rotatable bonds is 4.